The number of hydrogen-bond acceptors (Lipinski definition) is 6. The highest BCUT2D eigenvalue weighted by atomic mass is 19.2. The number of rotatable bonds is 12. The lowest BCUT2D eigenvalue weighted by molar-refractivity contribution is 0.310. The first-order valence-electron chi connectivity index (χ1n) is 15.2. The number of halogens is 2. The predicted octanol–water partition coefficient (Wildman–Crippen LogP) is 7.51. The topological polar surface area (TPSA) is 124 Å². The first-order valence-corrected chi connectivity index (χ1v) is 15.2. The number of nitrogens with two attached hydrogens (primary N) is 3. The van der Waals surface area contributed by atoms with Gasteiger partial charge in [-0.05, 0) is 36.6 Å². The highest BCUT2D eigenvalue weighted by Gasteiger charge is 2.41. The van der Waals surface area contributed by atoms with Crippen LogP contribution >= 0.6 is 0 Å². The van der Waals surface area contributed by atoms with E-state index in [9.17, 15) is 8.78 Å². The minimum atomic E-state index is -1.22. The highest BCUT2D eigenvalue weighted by Crippen LogP contribution is 2.42. The highest BCUT2D eigenvalue weighted by molar-refractivity contribution is 6.04. The molecule has 0 aliphatic heterocycles. The van der Waals surface area contributed by atoms with Gasteiger partial charge in [0.1, 0.15) is 17.7 Å². The molecule has 6 N–H and O–H groups in total. The SMILES string of the molecule is C\C=C/C=C(\C(F)=C\F)N(N)/C(=N\N)c1cc(-c2cnn(C(c3ccccc3)(c3ccccc3)C(C)/C=C\C=C/CC)c2)cnc1N. The normalized spacial score (nSPS) is 14.0. The molecule has 2 heterocycles. The molecule has 4 rings (SSSR count). The second-order valence-corrected chi connectivity index (χ2v) is 10.7. The Labute approximate surface area is 274 Å². The average Bonchev–Trinajstić information content (AvgIpc) is 3.59. The third kappa shape index (κ3) is 7.29. The van der Waals surface area contributed by atoms with Gasteiger partial charge in [0.25, 0.3) is 0 Å². The number of nitrogen functional groups attached to an aromatic ring is 1. The van der Waals surface area contributed by atoms with Crippen LogP contribution in [-0.4, -0.2) is 25.6 Å². The van der Waals surface area contributed by atoms with E-state index >= 15 is 0 Å². The minimum Gasteiger partial charge on any atom is -0.383 e. The van der Waals surface area contributed by atoms with Crippen LogP contribution in [0.15, 0.2) is 151 Å². The molecule has 1 atom stereocenters. The largest absolute Gasteiger partial charge is 0.383 e. The van der Waals surface area contributed by atoms with Gasteiger partial charge in [-0.25, -0.2) is 19.6 Å². The van der Waals surface area contributed by atoms with Crippen LogP contribution in [0.3, 0.4) is 0 Å². The van der Waals surface area contributed by atoms with Crippen molar-refractivity contribution in [2.24, 2.45) is 22.7 Å². The van der Waals surface area contributed by atoms with Crippen molar-refractivity contribution in [2.75, 3.05) is 5.73 Å². The number of amidine groups is 1. The molecule has 0 fully saturated rings. The van der Waals surface area contributed by atoms with Gasteiger partial charge in [-0.15, -0.1) is 0 Å². The maximum Gasteiger partial charge on any atom is 0.178 e. The molecule has 8 nitrogen and oxygen atoms in total. The van der Waals surface area contributed by atoms with E-state index in [1.54, 1.807) is 31.5 Å². The minimum absolute atomic E-state index is 0.0395. The molecule has 4 aromatic rings. The van der Waals surface area contributed by atoms with E-state index in [-0.39, 0.29) is 35.2 Å². The van der Waals surface area contributed by atoms with Gasteiger partial charge in [0.2, 0.25) is 0 Å². The number of hydrazine groups is 1. The van der Waals surface area contributed by atoms with E-state index in [4.69, 9.17) is 22.5 Å². The Morgan fingerprint density at radius 2 is 1.68 bits per heavy atom. The monoisotopic (exact) mass is 634 g/mol. The lowest BCUT2D eigenvalue weighted by Gasteiger charge is -2.39. The Bertz CT molecular complexity index is 1760. The zero-order valence-corrected chi connectivity index (χ0v) is 26.7. The molecule has 0 bridgehead atoms. The Kier molecular flexibility index (Phi) is 11.7. The summed E-state index contributed by atoms with van der Waals surface area (Å²) in [5.74, 6) is 10.6. The van der Waals surface area contributed by atoms with Gasteiger partial charge in [0.05, 0.1) is 17.5 Å². The summed E-state index contributed by atoms with van der Waals surface area (Å²) < 4.78 is 29.7. The average molecular weight is 635 g/mol. The van der Waals surface area contributed by atoms with Gasteiger partial charge in [-0.2, -0.15) is 10.2 Å². The molecule has 0 aliphatic carbocycles. The molecule has 2 aromatic heterocycles. The van der Waals surface area contributed by atoms with Crippen molar-refractivity contribution in [3.63, 3.8) is 0 Å². The van der Waals surface area contributed by atoms with Gasteiger partial charge >= 0.3 is 0 Å². The van der Waals surface area contributed by atoms with Crippen LogP contribution in [0.2, 0.25) is 0 Å². The van der Waals surface area contributed by atoms with Gasteiger partial charge in [-0.3, -0.25) is 9.69 Å². The number of anilines is 1. The van der Waals surface area contributed by atoms with Crippen molar-refractivity contribution >= 4 is 11.7 Å². The first kappa shape index (κ1) is 34.3. The molecule has 1 unspecified atom stereocenters. The van der Waals surface area contributed by atoms with Crippen molar-refractivity contribution in [3.8, 4) is 11.1 Å². The Balaban J connectivity index is 1.88. The van der Waals surface area contributed by atoms with E-state index in [2.05, 4.69) is 72.5 Å². The molecule has 0 spiro atoms. The summed E-state index contributed by atoms with van der Waals surface area (Å²) in [6, 6.07) is 22.2. The summed E-state index contributed by atoms with van der Waals surface area (Å²) in [5.41, 5.74) is 8.85. The fraction of sp³-hybridized carbons (Fsp3) is 0.162. The Hall–Kier alpha value is -5.61. The third-order valence-electron chi connectivity index (χ3n) is 7.80. The van der Waals surface area contributed by atoms with Crippen LogP contribution in [-0.2, 0) is 5.54 Å². The molecule has 0 aliphatic rings. The standard InChI is InChI=1S/C37H40F2N8/c1-4-6-8-11-16-27(3)37(30-17-12-9-13-18-30,31-19-14-10-15-20-31)46-26-29(25-44-46)28-22-32(35(40)43-24-28)36(45-41)47(42)34(21-7-5-2)33(39)23-38/h5-27H,4,41-42H2,1-3H3,(H2,40,43)/b7-5-,8-6-,16-11-,33-23-,34-21+,45-36-. The second kappa shape index (κ2) is 16.1. The summed E-state index contributed by atoms with van der Waals surface area (Å²) in [5, 5.41) is 9.52. The molecule has 0 saturated heterocycles. The van der Waals surface area contributed by atoms with Gasteiger partial charge in [0.15, 0.2) is 11.7 Å². The number of benzene rings is 2. The van der Waals surface area contributed by atoms with E-state index < -0.39 is 11.4 Å². The van der Waals surface area contributed by atoms with Crippen molar-refractivity contribution in [1.29, 1.82) is 0 Å². The smallest absolute Gasteiger partial charge is 0.178 e. The maximum atomic E-state index is 14.5. The van der Waals surface area contributed by atoms with E-state index in [0.29, 0.717) is 5.56 Å². The van der Waals surface area contributed by atoms with E-state index in [1.165, 1.54) is 12.2 Å². The van der Waals surface area contributed by atoms with Crippen LogP contribution in [0, 0.1) is 5.92 Å². The van der Waals surface area contributed by atoms with Gasteiger partial charge in [-0.1, -0.05) is 111 Å². The van der Waals surface area contributed by atoms with E-state index in [0.717, 1.165) is 28.1 Å². The summed E-state index contributed by atoms with van der Waals surface area (Å²) in [7, 11) is 0. The molecule has 242 valence electrons. The summed E-state index contributed by atoms with van der Waals surface area (Å²) in [6.45, 7) is 5.99. The lowest BCUT2D eigenvalue weighted by Crippen LogP contribution is -2.42. The summed E-state index contributed by atoms with van der Waals surface area (Å²) in [6.07, 6.45) is 18.9. The molecule has 0 amide bonds. The third-order valence-corrected chi connectivity index (χ3v) is 7.80. The quantitative estimate of drug-likeness (QED) is 0.0487. The van der Waals surface area contributed by atoms with Crippen molar-refractivity contribution in [2.45, 2.75) is 32.7 Å². The summed E-state index contributed by atoms with van der Waals surface area (Å²) >= 11 is 0. The fourth-order valence-electron chi connectivity index (χ4n) is 5.51. The predicted molar refractivity (Wildman–Crippen MR) is 187 cm³/mol. The molecular weight excluding hydrogens is 594 g/mol. The number of aromatic nitrogens is 3. The molecule has 0 saturated carbocycles. The Morgan fingerprint density at radius 3 is 2.26 bits per heavy atom. The van der Waals surface area contributed by atoms with Crippen LogP contribution in [0.25, 0.3) is 11.1 Å². The Morgan fingerprint density at radius 1 is 1.02 bits per heavy atom. The number of allylic oxidation sites excluding steroid dienone is 8. The fourth-order valence-corrected chi connectivity index (χ4v) is 5.51. The summed E-state index contributed by atoms with van der Waals surface area (Å²) in [4.78, 5) is 4.36. The maximum absolute atomic E-state index is 14.5. The van der Waals surface area contributed by atoms with Crippen molar-refractivity contribution in [1.82, 2.24) is 19.8 Å². The first-order chi connectivity index (χ1) is 22.8. The number of pyridine rings is 1. The zero-order valence-electron chi connectivity index (χ0n) is 26.7. The van der Waals surface area contributed by atoms with Crippen LogP contribution in [0.1, 0.15) is 43.9 Å². The second-order valence-electron chi connectivity index (χ2n) is 10.7. The number of hydrazone groups is 1. The molecule has 47 heavy (non-hydrogen) atoms. The number of hydrogen-bond donors (Lipinski definition) is 3. The van der Waals surface area contributed by atoms with Crippen LogP contribution in [0.4, 0.5) is 14.6 Å². The molecule has 10 heteroatoms. The van der Waals surface area contributed by atoms with Gasteiger partial charge in [0, 0.05) is 29.4 Å². The zero-order chi connectivity index (χ0) is 33.8. The molecule has 0 radical (unpaired) electrons. The molecular formula is C37H40F2N8. The van der Waals surface area contributed by atoms with Crippen molar-refractivity contribution < 1.29 is 8.78 Å². The molecule has 2 aromatic carbocycles. The van der Waals surface area contributed by atoms with Crippen LogP contribution in [0.5, 0.6) is 0 Å². The number of nitrogens with zero attached hydrogens (tertiary/aromatic N) is 5. The van der Waals surface area contributed by atoms with Crippen LogP contribution < -0.4 is 17.4 Å². The van der Waals surface area contributed by atoms with Gasteiger partial charge < -0.3 is 11.6 Å². The van der Waals surface area contributed by atoms with Crippen molar-refractivity contribution in [3.05, 3.63) is 162 Å². The van der Waals surface area contributed by atoms with E-state index in [1.807, 2.05) is 47.3 Å². The lowest BCUT2D eigenvalue weighted by atomic mass is 9.73.